The van der Waals surface area contributed by atoms with Crippen molar-refractivity contribution in [3.63, 3.8) is 0 Å². The highest BCUT2D eigenvalue weighted by Crippen LogP contribution is 2.26. The van der Waals surface area contributed by atoms with Crippen LogP contribution in [-0.2, 0) is 0 Å². The molecule has 3 heteroatoms. The molecule has 0 aromatic heterocycles. The Bertz CT molecular complexity index is 210. The van der Waals surface area contributed by atoms with Gasteiger partial charge in [-0.3, -0.25) is 5.41 Å². The summed E-state index contributed by atoms with van der Waals surface area (Å²) >= 11 is 1.74. The van der Waals surface area contributed by atoms with Gasteiger partial charge in [-0.15, -0.1) is 0 Å². The van der Waals surface area contributed by atoms with Gasteiger partial charge in [0.15, 0.2) is 5.17 Å². The predicted octanol–water partition coefficient (Wildman–Crippen LogP) is 3.47. The maximum absolute atomic E-state index is 8.00. The summed E-state index contributed by atoms with van der Waals surface area (Å²) in [5.74, 6) is 1.15. The van der Waals surface area contributed by atoms with Crippen LogP contribution in [0.5, 0.6) is 0 Å². The molecule has 15 heavy (non-hydrogen) atoms. The van der Waals surface area contributed by atoms with Crippen LogP contribution >= 0.6 is 11.8 Å². The maximum atomic E-state index is 8.00. The number of hydrogen-bond acceptors (Lipinski definition) is 2. The van der Waals surface area contributed by atoms with Crippen LogP contribution in [0, 0.1) is 5.41 Å². The molecule has 1 aliphatic heterocycles. The highest BCUT2D eigenvalue weighted by molar-refractivity contribution is 8.13. The molecule has 1 heterocycles. The summed E-state index contributed by atoms with van der Waals surface area (Å²) in [6.45, 7) is 1.14. The quantitative estimate of drug-likeness (QED) is 0.741. The fourth-order valence-corrected chi connectivity index (χ4v) is 3.56. The fraction of sp³-hybridized carbons (Fsp3) is 0.917. The van der Waals surface area contributed by atoms with Gasteiger partial charge < -0.3 is 4.90 Å². The molecule has 2 aliphatic rings. The Hall–Kier alpha value is -0.180. The molecule has 86 valence electrons. The number of nitrogens with zero attached hydrogens (tertiary/aromatic N) is 1. The van der Waals surface area contributed by atoms with E-state index in [2.05, 4.69) is 4.90 Å². The van der Waals surface area contributed by atoms with Crippen LogP contribution in [0.3, 0.4) is 0 Å². The molecule has 0 spiro atoms. The Morgan fingerprint density at radius 2 is 1.67 bits per heavy atom. The molecule has 1 aliphatic carbocycles. The van der Waals surface area contributed by atoms with Gasteiger partial charge in [0.25, 0.3) is 0 Å². The largest absolute Gasteiger partial charge is 0.349 e. The Morgan fingerprint density at radius 1 is 1.00 bits per heavy atom. The minimum absolute atomic E-state index is 0.686. The average molecular weight is 226 g/mol. The molecule has 0 aromatic carbocycles. The maximum Gasteiger partial charge on any atom is 0.156 e. The smallest absolute Gasteiger partial charge is 0.156 e. The van der Waals surface area contributed by atoms with E-state index in [4.69, 9.17) is 5.41 Å². The van der Waals surface area contributed by atoms with Gasteiger partial charge in [0.05, 0.1) is 0 Å². The van der Waals surface area contributed by atoms with Crippen molar-refractivity contribution in [1.29, 1.82) is 5.41 Å². The number of nitrogens with one attached hydrogen (secondary N) is 1. The van der Waals surface area contributed by atoms with E-state index in [1.165, 1.54) is 51.4 Å². The second-order valence-corrected chi connectivity index (χ2v) is 5.78. The van der Waals surface area contributed by atoms with Crippen LogP contribution in [-0.4, -0.2) is 28.4 Å². The van der Waals surface area contributed by atoms with E-state index in [1.807, 2.05) is 0 Å². The van der Waals surface area contributed by atoms with E-state index in [0.717, 1.165) is 17.5 Å². The molecule has 1 N–H and O–H groups in total. The molecular formula is C12H22N2S. The third-order valence-electron chi connectivity index (χ3n) is 3.56. The first-order valence-electron chi connectivity index (χ1n) is 6.36. The van der Waals surface area contributed by atoms with Gasteiger partial charge in [0, 0.05) is 18.3 Å². The highest BCUT2D eigenvalue weighted by atomic mass is 32.2. The monoisotopic (exact) mass is 226 g/mol. The predicted molar refractivity (Wildman–Crippen MR) is 67.6 cm³/mol. The molecule has 0 amide bonds. The normalized spacial score (nSPS) is 26.1. The van der Waals surface area contributed by atoms with Crippen molar-refractivity contribution in [3.8, 4) is 0 Å². The third-order valence-corrected chi connectivity index (χ3v) is 4.56. The molecule has 2 nitrogen and oxygen atoms in total. The van der Waals surface area contributed by atoms with Crippen molar-refractivity contribution >= 4 is 16.9 Å². The van der Waals surface area contributed by atoms with Crippen LogP contribution in [0.25, 0.3) is 0 Å². The number of thioether (sulfide) groups is 1. The van der Waals surface area contributed by atoms with Crippen LogP contribution in [0.4, 0.5) is 0 Å². The number of rotatable bonds is 1. The van der Waals surface area contributed by atoms with Gasteiger partial charge in [-0.1, -0.05) is 43.9 Å². The van der Waals surface area contributed by atoms with Gasteiger partial charge in [-0.25, -0.2) is 0 Å². The second kappa shape index (κ2) is 5.78. The summed E-state index contributed by atoms with van der Waals surface area (Å²) in [7, 11) is 0. The first-order chi connectivity index (χ1) is 7.38. The van der Waals surface area contributed by atoms with Crippen molar-refractivity contribution in [3.05, 3.63) is 0 Å². The zero-order valence-corrected chi connectivity index (χ0v) is 10.3. The molecule has 0 atom stereocenters. The molecule has 0 radical (unpaired) electrons. The molecular weight excluding hydrogens is 204 g/mol. The van der Waals surface area contributed by atoms with E-state index in [-0.39, 0.29) is 0 Å². The third kappa shape index (κ3) is 3.13. The molecule has 2 rings (SSSR count). The average Bonchev–Trinajstić information content (AvgIpc) is 2.19. The Labute approximate surface area is 97.3 Å². The first-order valence-corrected chi connectivity index (χ1v) is 7.34. The Morgan fingerprint density at radius 3 is 2.33 bits per heavy atom. The molecule has 1 saturated heterocycles. The van der Waals surface area contributed by atoms with Crippen molar-refractivity contribution in [2.45, 2.75) is 57.4 Å². The topological polar surface area (TPSA) is 27.1 Å². The van der Waals surface area contributed by atoms with Gasteiger partial charge in [-0.05, 0) is 19.3 Å². The molecule has 0 unspecified atom stereocenters. The lowest BCUT2D eigenvalue weighted by molar-refractivity contribution is 0.258. The molecule has 0 aromatic rings. The summed E-state index contributed by atoms with van der Waals surface area (Å²) < 4.78 is 0. The van der Waals surface area contributed by atoms with Crippen molar-refractivity contribution in [2.24, 2.45) is 0 Å². The summed E-state index contributed by atoms with van der Waals surface area (Å²) in [6, 6.07) is 0.686. The van der Waals surface area contributed by atoms with Crippen molar-refractivity contribution < 1.29 is 0 Å². The SMILES string of the molecule is N=C1SCCCN1C1CCCCCCC1. The standard InChI is InChI=1S/C12H22N2S/c13-12-14(9-6-10-15-12)11-7-4-2-1-3-5-8-11/h11,13H,1-10H2. The minimum atomic E-state index is 0.686. The molecule has 1 saturated carbocycles. The zero-order chi connectivity index (χ0) is 10.5. The van der Waals surface area contributed by atoms with E-state index in [1.54, 1.807) is 11.8 Å². The van der Waals surface area contributed by atoms with Gasteiger partial charge in [0.1, 0.15) is 0 Å². The summed E-state index contributed by atoms with van der Waals surface area (Å²) in [5.41, 5.74) is 0. The fourth-order valence-electron chi connectivity index (χ4n) is 2.68. The zero-order valence-electron chi connectivity index (χ0n) is 9.50. The molecule has 0 bridgehead atoms. The van der Waals surface area contributed by atoms with E-state index < -0.39 is 0 Å². The van der Waals surface area contributed by atoms with E-state index in [9.17, 15) is 0 Å². The van der Waals surface area contributed by atoms with E-state index in [0.29, 0.717) is 6.04 Å². The summed E-state index contributed by atoms with van der Waals surface area (Å²) in [6.07, 6.45) is 10.9. The Balaban J connectivity index is 1.90. The lowest BCUT2D eigenvalue weighted by Crippen LogP contribution is -2.42. The minimum Gasteiger partial charge on any atom is -0.349 e. The van der Waals surface area contributed by atoms with E-state index >= 15 is 0 Å². The van der Waals surface area contributed by atoms with Crippen molar-refractivity contribution in [1.82, 2.24) is 4.90 Å². The van der Waals surface area contributed by atoms with Gasteiger partial charge in [-0.2, -0.15) is 0 Å². The van der Waals surface area contributed by atoms with Crippen molar-refractivity contribution in [2.75, 3.05) is 12.3 Å². The number of hydrogen-bond donors (Lipinski definition) is 1. The Kier molecular flexibility index (Phi) is 4.36. The van der Waals surface area contributed by atoms with Crippen LogP contribution < -0.4 is 0 Å². The first kappa shape index (κ1) is 11.3. The summed E-state index contributed by atoms with van der Waals surface area (Å²) in [4.78, 5) is 2.37. The highest BCUT2D eigenvalue weighted by Gasteiger charge is 2.24. The van der Waals surface area contributed by atoms with Crippen LogP contribution in [0.2, 0.25) is 0 Å². The van der Waals surface area contributed by atoms with Gasteiger partial charge >= 0.3 is 0 Å². The number of amidine groups is 1. The lowest BCUT2D eigenvalue weighted by atomic mass is 9.96. The summed E-state index contributed by atoms with van der Waals surface area (Å²) in [5, 5.41) is 8.84. The second-order valence-electron chi connectivity index (χ2n) is 4.70. The van der Waals surface area contributed by atoms with Gasteiger partial charge in [0.2, 0.25) is 0 Å². The van der Waals surface area contributed by atoms with Crippen LogP contribution in [0.1, 0.15) is 51.4 Å². The van der Waals surface area contributed by atoms with Crippen LogP contribution in [0.15, 0.2) is 0 Å². The lowest BCUT2D eigenvalue weighted by Gasteiger charge is -2.37. The molecule has 2 fully saturated rings.